The first-order valence-electron chi connectivity index (χ1n) is 10.3. The third-order valence-corrected chi connectivity index (χ3v) is 5.02. The molecule has 30 heavy (non-hydrogen) atoms. The highest BCUT2D eigenvalue weighted by atomic mass is 16.6. The van der Waals surface area contributed by atoms with E-state index in [2.05, 4.69) is 6.58 Å². The van der Waals surface area contributed by atoms with Gasteiger partial charge in [0.05, 0.1) is 7.11 Å². The van der Waals surface area contributed by atoms with Crippen molar-refractivity contribution in [2.75, 3.05) is 33.9 Å². The normalized spacial score (nSPS) is 14.8. The van der Waals surface area contributed by atoms with Crippen LogP contribution < -0.4 is 9.47 Å². The summed E-state index contributed by atoms with van der Waals surface area (Å²) in [6, 6.07) is 5.69. The smallest absolute Gasteiger partial charge is 0.410 e. The lowest BCUT2D eigenvalue weighted by Gasteiger charge is -2.37. The van der Waals surface area contributed by atoms with Gasteiger partial charge in [-0.3, -0.25) is 4.79 Å². The Morgan fingerprint density at radius 2 is 1.90 bits per heavy atom. The van der Waals surface area contributed by atoms with Gasteiger partial charge in [-0.25, -0.2) is 4.79 Å². The molecule has 1 aliphatic rings. The number of benzene rings is 1. The maximum absolute atomic E-state index is 12.6. The van der Waals surface area contributed by atoms with E-state index in [0.29, 0.717) is 37.4 Å². The number of methoxy groups -OCH3 is 1. The average Bonchev–Trinajstić information content (AvgIpc) is 2.71. The lowest BCUT2D eigenvalue weighted by Crippen LogP contribution is -2.49. The Bertz CT molecular complexity index is 748. The first kappa shape index (κ1) is 23.6. The number of ether oxygens (including phenoxy) is 3. The van der Waals surface area contributed by atoms with E-state index in [1.165, 1.54) is 0 Å². The highest BCUT2D eigenvalue weighted by Crippen LogP contribution is 2.28. The minimum Gasteiger partial charge on any atom is -0.493 e. The van der Waals surface area contributed by atoms with Crippen LogP contribution in [0.3, 0.4) is 0 Å². The number of likely N-dealkylation sites (tertiary alicyclic amines) is 1. The number of hydrogen-bond donors (Lipinski definition) is 0. The monoisotopic (exact) mass is 418 g/mol. The zero-order valence-corrected chi connectivity index (χ0v) is 18.8. The summed E-state index contributed by atoms with van der Waals surface area (Å²) in [5.41, 5.74) is 0.553. The molecule has 0 saturated carbocycles. The fraction of sp³-hybridized carbons (Fsp3) is 0.565. The van der Waals surface area contributed by atoms with Gasteiger partial charge in [0.1, 0.15) is 5.60 Å². The number of allylic oxidation sites excluding steroid dienone is 1. The summed E-state index contributed by atoms with van der Waals surface area (Å²) in [6.07, 6.45) is 3.68. The molecule has 1 aromatic rings. The van der Waals surface area contributed by atoms with Crippen molar-refractivity contribution in [2.45, 2.75) is 51.7 Å². The number of likely N-dealkylation sites (N-methyl/N-ethyl adjacent to an activating group) is 1. The Kier molecular flexibility index (Phi) is 8.15. The van der Waals surface area contributed by atoms with E-state index in [1.54, 1.807) is 24.0 Å². The standard InChI is InChI=1S/C23H34N2O5/c1-7-8-17-9-10-19(20(15-17)28-6)29-16-21(26)24(5)18-11-13-25(14-12-18)22(27)30-23(2,3)4/h7,9-10,15,18H,1,8,11-14,16H2,2-6H3. The number of carbonyl (C=O) groups excluding carboxylic acids is 2. The van der Waals surface area contributed by atoms with Crippen molar-refractivity contribution in [3.05, 3.63) is 36.4 Å². The van der Waals surface area contributed by atoms with Gasteiger partial charge in [-0.15, -0.1) is 6.58 Å². The zero-order chi connectivity index (χ0) is 22.3. The van der Waals surface area contributed by atoms with Crippen molar-refractivity contribution in [1.29, 1.82) is 0 Å². The number of amides is 2. The van der Waals surface area contributed by atoms with Crippen LogP contribution in [0.5, 0.6) is 11.5 Å². The average molecular weight is 419 g/mol. The Morgan fingerprint density at radius 3 is 2.47 bits per heavy atom. The molecule has 0 radical (unpaired) electrons. The van der Waals surface area contributed by atoms with Gasteiger partial charge >= 0.3 is 6.09 Å². The second-order valence-electron chi connectivity index (χ2n) is 8.47. The highest BCUT2D eigenvalue weighted by molar-refractivity contribution is 5.78. The Morgan fingerprint density at radius 1 is 1.23 bits per heavy atom. The number of rotatable bonds is 7. The van der Waals surface area contributed by atoms with Gasteiger partial charge in [0.15, 0.2) is 18.1 Å². The zero-order valence-electron chi connectivity index (χ0n) is 18.8. The van der Waals surface area contributed by atoms with Gasteiger partial charge in [0.25, 0.3) is 5.91 Å². The Balaban J connectivity index is 1.86. The quantitative estimate of drug-likeness (QED) is 0.632. The van der Waals surface area contributed by atoms with Crippen LogP contribution in [0.2, 0.25) is 0 Å². The molecular formula is C23H34N2O5. The predicted molar refractivity (Wildman–Crippen MR) is 116 cm³/mol. The van der Waals surface area contributed by atoms with Crippen molar-refractivity contribution < 1.29 is 23.8 Å². The molecule has 1 fully saturated rings. The molecule has 1 aliphatic heterocycles. The second-order valence-corrected chi connectivity index (χ2v) is 8.47. The number of piperidine rings is 1. The van der Waals surface area contributed by atoms with Crippen LogP contribution in [0.25, 0.3) is 0 Å². The number of carbonyl (C=O) groups is 2. The molecule has 0 N–H and O–H groups in total. The van der Waals surface area contributed by atoms with E-state index >= 15 is 0 Å². The molecule has 0 bridgehead atoms. The minimum absolute atomic E-state index is 0.0663. The van der Waals surface area contributed by atoms with Crippen LogP contribution in [0.4, 0.5) is 4.79 Å². The molecule has 166 valence electrons. The van der Waals surface area contributed by atoms with Crippen LogP contribution >= 0.6 is 0 Å². The van der Waals surface area contributed by atoms with E-state index in [1.807, 2.05) is 45.0 Å². The first-order valence-corrected chi connectivity index (χ1v) is 10.3. The Hall–Kier alpha value is -2.70. The second kappa shape index (κ2) is 10.4. The fourth-order valence-electron chi connectivity index (χ4n) is 3.33. The van der Waals surface area contributed by atoms with Crippen LogP contribution in [-0.2, 0) is 16.0 Å². The molecule has 2 rings (SSSR count). The molecule has 1 saturated heterocycles. The molecule has 1 aromatic carbocycles. The molecule has 7 heteroatoms. The molecule has 0 atom stereocenters. The molecule has 0 spiro atoms. The maximum Gasteiger partial charge on any atom is 0.410 e. The summed E-state index contributed by atoms with van der Waals surface area (Å²) in [7, 11) is 3.36. The fourth-order valence-corrected chi connectivity index (χ4v) is 3.33. The number of nitrogens with zero attached hydrogens (tertiary/aromatic N) is 2. The van der Waals surface area contributed by atoms with Gasteiger partial charge in [-0.05, 0) is 57.7 Å². The summed E-state index contributed by atoms with van der Waals surface area (Å²) in [5.74, 6) is 1.02. The van der Waals surface area contributed by atoms with Crippen molar-refractivity contribution >= 4 is 12.0 Å². The van der Waals surface area contributed by atoms with Crippen LogP contribution in [0.1, 0.15) is 39.2 Å². The number of hydrogen-bond acceptors (Lipinski definition) is 5. The molecule has 1 heterocycles. The van der Waals surface area contributed by atoms with Gasteiger partial charge in [-0.1, -0.05) is 12.1 Å². The van der Waals surface area contributed by atoms with Crippen LogP contribution in [-0.4, -0.2) is 67.3 Å². The van der Waals surface area contributed by atoms with Crippen molar-refractivity contribution in [3.8, 4) is 11.5 Å². The van der Waals surface area contributed by atoms with Crippen LogP contribution in [0, 0.1) is 0 Å². The molecule has 0 aromatic heterocycles. The van der Waals surface area contributed by atoms with Crippen molar-refractivity contribution in [3.63, 3.8) is 0 Å². The van der Waals surface area contributed by atoms with Gasteiger partial charge < -0.3 is 24.0 Å². The minimum atomic E-state index is -0.511. The van der Waals surface area contributed by atoms with E-state index in [4.69, 9.17) is 14.2 Å². The topological polar surface area (TPSA) is 68.3 Å². The third kappa shape index (κ3) is 6.68. The molecule has 0 unspecified atom stereocenters. The van der Waals surface area contributed by atoms with Gasteiger partial charge in [-0.2, -0.15) is 0 Å². The molecular weight excluding hydrogens is 384 g/mol. The summed E-state index contributed by atoms with van der Waals surface area (Å²) in [4.78, 5) is 28.2. The summed E-state index contributed by atoms with van der Waals surface area (Å²) in [6.45, 7) is 10.4. The Labute approximate surface area is 179 Å². The van der Waals surface area contributed by atoms with Gasteiger partial charge in [0, 0.05) is 26.2 Å². The van der Waals surface area contributed by atoms with E-state index < -0.39 is 5.60 Å². The summed E-state index contributed by atoms with van der Waals surface area (Å²) < 4.78 is 16.5. The summed E-state index contributed by atoms with van der Waals surface area (Å²) in [5, 5.41) is 0. The summed E-state index contributed by atoms with van der Waals surface area (Å²) >= 11 is 0. The lowest BCUT2D eigenvalue weighted by molar-refractivity contribution is -0.134. The van der Waals surface area contributed by atoms with E-state index in [-0.39, 0.29) is 24.6 Å². The predicted octanol–water partition coefficient (Wildman–Crippen LogP) is 3.66. The lowest BCUT2D eigenvalue weighted by atomic mass is 10.0. The SMILES string of the molecule is C=CCc1ccc(OCC(=O)N(C)C2CCN(C(=O)OC(C)(C)C)CC2)c(OC)c1. The highest BCUT2D eigenvalue weighted by Gasteiger charge is 2.30. The maximum atomic E-state index is 12.6. The molecule has 7 nitrogen and oxygen atoms in total. The van der Waals surface area contributed by atoms with Crippen LogP contribution in [0.15, 0.2) is 30.9 Å². The first-order chi connectivity index (χ1) is 14.1. The van der Waals surface area contributed by atoms with Crippen molar-refractivity contribution in [1.82, 2.24) is 9.80 Å². The van der Waals surface area contributed by atoms with Gasteiger partial charge in [0.2, 0.25) is 0 Å². The molecule has 2 amide bonds. The van der Waals surface area contributed by atoms with Crippen molar-refractivity contribution in [2.24, 2.45) is 0 Å². The molecule has 0 aliphatic carbocycles. The largest absolute Gasteiger partial charge is 0.493 e. The van der Waals surface area contributed by atoms with E-state index in [9.17, 15) is 9.59 Å². The third-order valence-electron chi connectivity index (χ3n) is 5.02. The van der Waals surface area contributed by atoms with E-state index in [0.717, 1.165) is 12.0 Å².